The van der Waals surface area contributed by atoms with E-state index in [0.717, 1.165) is 5.56 Å². The second-order valence-electron chi connectivity index (χ2n) is 6.52. The number of carbonyl (C=O) groups excluding carboxylic acids is 2. The minimum atomic E-state index is -3.90. The molecule has 9 heteroatoms. The van der Waals surface area contributed by atoms with Crippen LogP contribution in [-0.2, 0) is 30.9 Å². The molecule has 152 valence electrons. The first-order valence-corrected chi connectivity index (χ1v) is 10.0. The molecule has 0 radical (unpaired) electrons. The van der Waals surface area contributed by atoms with Crippen molar-refractivity contribution in [2.24, 2.45) is 5.92 Å². The molecule has 0 saturated heterocycles. The van der Waals surface area contributed by atoms with Gasteiger partial charge in [0.1, 0.15) is 18.4 Å². The summed E-state index contributed by atoms with van der Waals surface area (Å²) in [5, 5.41) is 0. The van der Waals surface area contributed by atoms with Crippen molar-refractivity contribution in [3.05, 3.63) is 53.5 Å². The highest BCUT2D eigenvalue weighted by atomic mass is 32.2. The lowest BCUT2D eigenvalue weighted by Crippen LogP contribution is -2.45. The van der Waals surface area contributed by atoms with Gasteiger partial charge in [-0.15, -0.1) is 0 Å². The number of hydrogen-bond donors (Lipinski definition) is 1. The third-order valence-corrected chi connectivity index (χ3v) is 5.40. The van der Waals surface area contributed by atoms with Gasteiger partial charge >= 0.3 is 11.9 Å². The Bertz CT molecular complexity index is 929. The standard InChI is InChI=1S/C19H23NO7S/c1-12(2)17(20-28(23,24)15-8-5-13(3)6-9-15)19(22)26-11-14-7-10-16(27-14)18(21)25-4/h5-10,12,17,20H,11H2,1-4H3/t17-/m1/s1. The maximum Gasteiger partial charge on any atom is 0.373 e. The molecule has 1 atom stereocenters. The summed E-state index contributed by atoms with van der Waals surface area (Å²) in [6.07, 6.45) is 0. The van der Waals surface area contributed by atoms with Crippen LogP contribution in [0.3, 0.4) is 0 Å². The fourth-order valence-corrected chi connectivity index (χ4v) is 3.64. The molecule has 0 amide bonds. The Labute approximate surface area is 163 Å². The van der Waals surface area contributed by atoms with E-state index >= 15 is 0 Å². The Hall–Kier alpha value is -2.65. The zero-order valence-corrected chi connectivity index (χ0v) is 16.9. The summed E-state index contributed by atoms with van der Waals surface area (Å²) in [5.74, 6) is -1.54. The van der Waals surface area contributed by atoms with Crippen molar-refractivity contribution in [1.82, 2.24) is 4.72 Å². The predicted octanol–water partition coefficient (Wildman–Crippen LogP) is 2.42. The van der Waals surface area contributed by atoms with Crippen LogP contribution in [0.2, 0.25) is 0 Å². The van der Waals surface area contributed by atoms with E-state index < -0.39 is 28.0 Å². The Morgan fingerprint density at radius 1 is 1.11 bits per heavy atom. The van der Waals surface area contributed by atoms with Crippen LogP contribution in [0.15, 0.2) is 45.7 Å². The first-order valence-electron chi connectivity index (χ1n) is 8.56. The summed E-state index contributed by atoms with van der Waals surface area (Å²) < 4.78 is 42.4. The highest BCUT2D eigenvalue weighted by Gasteiger charge is 2.30. The van der Waals surface area contributed by atoms with Crippen molar-refractivity contribution >= 4 is 22.0 Å². The summed E-state index contributed by atoms with van der Waals surface area (Å²) >= 11 is 0. The lowest BCUT2D eigenvalue weighted by molar-refractivity contribution is -0.148. The van der Waals surface area contributed by atoms with Crippen molar-refractivity contribution in [3.8, 4) is 0 Å². The number of furan rings is 1. The van der Waals surface area contributed by atoms with E-state index in [9.17, 15) is 18.0 Å². The molecule has 0 spiro atoms. The van der Waals surface area contributed by atoms with Crippen molar-refractivity contribution in [2.45, 2.75) is 38.3 Å². The minimum Gasteiger partial charge on any atom is -0.463 e. The van der Waals surface area contributed by atoms with Crippen molar-refractivity contribution in [3.63, 3.8) is 0 Å². The number of hydrogen-bond acceptors (Lipinski definition) is 7. The van der Waals surface area contributed by atoms with Gasteiger partial charge in [0.25, 0.3) is 0 Å². The molecule has 0 fully saturated rings. The molecular weight excluding hydrogens is 386 g/mol. The van der Waals surface area contributed by atoms with E-state index in [-0.39, 0.29) is 28.9 Å². The zero-order valence-electron chi connectivity index (χ0n) is 16.1. The molecule has 0 unspecified atom stereocenters. The highest BCUT2D eigenvalue weighted by molar-refractivity contribution is 7.89. The third kappa shape index (κ3) is 5.43. The summed E-state index contributed by atoms with van der Waals surface area (Å²) in [6.45, 7) is 5.00. The number of aryl methyl sites for hydroxylation is 1. The van der Waals surface area contributed by atoms with Crippen molar-refractivity contribution in [2.75, 3.05) is 7.11 Å². The average Bonchev–Trinajstić information content (AvgIpc) is 3.12. The number of methoxy groups -OCH3 is 1. The molecule has 0 aliphatic carbocycles. The van der Waals surface area contributed by atoms with Crippen LogP contribution in [0.5, 0.6) is 0 Å². The first-order chi connectivity index (χ1) is 13.1. The predicted molar refractivity (Wildman–Crippen MR) is 100.0 cm³/mol. The van der Waals surface area contributed by atoms with E-state index in [1.54, 1.807) is 26.0 Å². The molecule has 0 aliphatic heterocycles. The first kappa shape index (κ1) is 21.6. The largest absolute Gasteiger partial charge is 0.463 e. The number of sulfonamides is 1. The van der Waals surface area contributed by atoms with E-state index in [2.05, 4.69) is 9.46 Å². The molecule has 2 rings (SSSR count). The molecule has 2 aromatic rings. The molecule has 0 saturated carbocycles. The molecule has 1 heterocycles. The number of carbonyl (C=O) groups is 2. The van der Waals surface area contributed by atoms with Gasteiger partial charge in [-0.1, -0.05) is 31.5 Å². The van der Waals surface area contributed by atoms with Gasteiger partial charge in [-0.05, 0) is 37.1 Å². The number of nitrogens with one attached hydrogen (secondary N) is 1. The third-order valence-electron chi connectivity index (χ3n) is 3.94. The van der Waals surface area contributed by atoms with Crippen LogP contribution in [0.25, 0.3) is 0 Å². The van der Waals surface area contributed by atoms with Gasteiger partial charge in [-0.2, -0.15) is 4.72 Å². The average molecular weight is 409 g/mol. The Balaban J connectivity index is 2.06. The van der Waals surface area contributed by atoms with Crippen LogP contribution >= 0.6 is 0 Å². The van der Waals surface area contributed by atoms with E-state index in [1.165, 1.54) is 31.4 Å². The second kappa shape index (κ2) is 9.03. The molecule has 1 aromatic carbocycles. The molecule has 8 nitrogen and oxygen atoms in total. The van der Waals surface area contributed by atoms with Crippen LogP contribution in [0.1, 0.15) is 35.7 Å². The van der Waals surface area contributed by atoms with Crippen molar-refractivity contribution in [1.29, 1.82) is 0 Å². The maximum atomic E-state index is 12.6. The Kier molecular flexibility index (Phi) is 6.98. The summed E-state index contributed by atoms with van der Waals surface area (Å²) in [7, 11) is -2.68. The number of ether oxygens (including phenoxy) is 2. The van der Waals surface area contributed by atoms with Gasteiger partial charge in [-0.3, -0.25) is 4.79 Å². The lowest BCUT2D eigenvalue weighted by atomic mass is 10.1. The molecule has 1 N–H and O–H groups in total. The Morgan fingerprint density at radius 3 is 2.32 bits per heavy atom. The molecule has 0 aliphatic rings. The zero-order chi connectivity index (χ0) is 20.9. The second-order valence-corrected chi connectivity index (χ2v) is 8.24. The van der Waals surface area contributed by atoms with E-state index in [1.807, 2.05) is 6.92 Å². The monoisotopic (exact) mass is 409 g/mol. The summed E-state index contributed by atoms with van der Waals surface area (Å²) in [6, 6.07) is 8.08. The SMILES string of the molecule is COC(=O)c1ccc(COC(=O)[C@H](NS(=O)(=O)c2ccc(C)cc2)C(C)C)o1. The summed E-state index contributed by atoms with van der Waals surface area (Å²) in [4.78, 5) is 23.9. The van der Waals surface area contributed by atoms with E-state index in [4.69, 9.17) is 9.15 Å². The smallest absolute Gasteiger partial charge is 0.373 e. The quantitative estimate of drug-likeness (QED) is 0.666. The normalized spacial score (nSPS) is 12.6. The maximum absolute atomic E-state index is 12.6. The summed E-state index contributed by atoms with van der Waals surface area (Å²) in [5.41, 5.74) is 0.920. The fraction of sp³-hybridized carbons (Fsp3) is 0.368. The molecule has 1 aromatic heterocycles. The van der Waals surface area contributed by atoms with Gasteiger partial charge < -0.3 is 13.9 Å². The Morgan fingerprint density at radius 2 is 1.75 bits per heavy atom. The van der Waals surface area contributed by atoms with Gasteiger partial charge in [-0.25, -0.2) is 13.2 Å². The molecule has 28 heavy (non-hydrogen) atoms. The molecule has 0 bridgehead atoms. The molecular formula is C19H23NO7S. The topological polar surface area (TPSA) is 112 Å². The van der Waals surface area contributed by atoms with E-state index in [0.29, 0.717) is 0 Å². The van der Waals surface area contributed by atoms with Crippen molar-refractivity contribution < 1.29 is 31.9 Å². The number of benzene rings is 1. The lowest BCUT2D eigenvalue weighted by Gasteiger charge is -2.20. The fourth-order valence-electron chi connectivity index (χ4n) is 2.31. The highest BCUT2D eigenvalue weighted by Crippen LogP contribution is 2.15. The minimum absolute atomic E-state index is 0.0194. The number of rotatable bonds is 8. The van der Waals surface area contributed by atoms with Gasteiger partial charge in [0, 0.05) is 0 Å². The number of esters is 2. The van der Waals surface area contributed by atoms with Gasteiger partial charge in [0.15, 0.2) is 0 Å². The van der Waals surface area contributed by atoms with Crippen LogP contribution in [0, 0.1) is 12.8 Å². The van der Waals surface area contributed by atoms with Crippen LogP contribution in [0.4, 0.5) is 0 Å². The van der Waals surface area contributed by atoms with Gasteiger partial charge in [0.05, 0.1) is 12.0 Å². The van der Waals surface area contributed by atoms with Crippen LogP contribution in [-0.4, -0.2) is 33.5 Å². The van der Waals surface area contributed by atoms with Crippen LogP contribution < -0.4 is 4.72 Å². The van der Waals surface area contributed by atoms with Gasteiger partial charge in [0.2, 0.25) is 15.8 Å².